The van der Waals surface area contributed by atoms with Gasteiger partial charge in [-0.15, -0.1) is 0 Å². The number of aliphatic hydroxyl groups is 1. The van der Waals surface area contributed by atoms with E-state index in [4.69, 9.17) is 4.74 Å². The molecule has 0 radical (unpaired) electrons. The molecule has 4 rings (SSSR count). The number of nitrogens with one attached hydrogen (secondary N) is 1. The summed E-state index contributed by atoms with van der Waals surface area (Å²) in [6.45, 7) is 1.81. The Morgan fingerprint density at radius 2 is 1.86 bits per heavy atom. The van der Waals surface area contributed by atoms with Crippen LogP contribution < -0.4 is 5.32 Å². The van der Waals surface area contributed by atoms with Gasteiger partial charge in [-0.25, -0.2) is 17.2 Å². The number of hydrogen-bond acceptors (Lipinski definition) is 5. The molecule has 2 aliphatic heterocycles. The number of hydrogen-bond donors (Lipinski definition) is 2. The lowest BCUT2D eigenvalue weighted by molar-refractivity contribution is -0.186. The molecule has 2 aliphatic rings. The molecule has 1 unspecified atom stereocenters. The smallest absolute Gasteiger partial charge is 0.163 e. The van der Waals surface area contributed by atoms with Crippen LogP contribution >= 0.6 is 0 Å². The van der Waals surface area contributed by atoms with Crippen LogP contribution in [0.1, 0.15) is 28.9 Å². The second-order valence-electron chi connectivity index (χ2n) is 7.88. The Morgan fingerprint density at radius 1 is 1.17 bits per heavy atom. The van der Waals surface area contributed by atoms with Crippen molar-refractivity contribution in [3.63, 3.8) is 0 Å². The maximum atomic E-state index is 14.7. The zero-order valence-electron chi connectivity index (χ0n) is 15.9. The molecule has 0 spiro atoms. The molecule has 2 aromatic rings. The topological polar surface area (TPSA) is 75.6 Å². The second kappa shape index (κ2) is 7.43. The summed E-state index contributed by atoms with van der Waals surface area (Å²) in [4.78, 5) is 0. The SMILES string of the molecule is C[C@@H]1NC[C@@H](c2ccccc2)S(=O)(=O)C1Cc1cc(F)c(C2(O)COC2)cc1F. The minimum Gasteiger partial charge on any atom is -0.380 e. The van der Waals surface area contributed by atoms with Crippen LogP contribution in [0, 0.1) is 11.6 Å². The van der Waals surface area contributed by atoms with Crippen molar-refractivity contribution in [3.05, 3.63) is 70.8 Å². The van der Waals surface area contributed by atoms with Crippen LogP contribution in [0.5, 0.6) is 0 Å². The summed E-state index contributed by atoms with van der Waals surface area (Å²) in [5.41, 5.74) is -1.05. The first-order valence-electron chi connectivity index (χ1n) is 9.52. The van der Waals surface area contributed by atoms with Gasteiger partial charge in [0.05, 0.1) is 23.7 Å². The van der Waals surface area contributed by atoms with Crippen molar-refractivity contribution < 1.29 is 27.0 Å². The van der Waals surface area contributed by atoms with Crippen LogP contribution in [0.2, 0.25) is 0 Å². The van der Waals surface area contributed by atoms with Gasteiger partial charge < -0.3 is 15.2 Å². The minimum absolute atomic E-state index is 0.0222. The van der Waals surface area contributed by atoms with Gasteiger partial charge in [0.25, 0.3) is 0 Å². The number of sulfone groups is 1. The van der Waals surface area contributed by atoms with Gasteiger partial charge in [0, 0.05) is 18.2 Å². The highest BCUT2D eigenvalue weighted by atomic mass is 32.2. The van der Waals surface area contributed by atoms with E-state index in [2.05, 4.69) is 5.32 Å². The van der Waals surface area contributed by atoms with Gasteiger partial charge in [-0.2, -0.15) is 0 Å². The Bertz CT molecular complexity index is 1010. The highest BCUT2D eigenvalue weighted by Crippen LogP contribution is 2.35. The first-order chi connectivity index (χ1) is 13.7. The van der Waals surface area contributed by atoms with Gasteiger partial charge in [-0.1, -0.05) is 30.3 Å². The van der Waals surface area contributed by atoms with Crippen LogP contribution in [0.4, 0.5) is 8.78 Å². The van der Waals surface area contributed by atoms with Gasteiger partial charge >= 0.3 is 0 Å². The molecule has 0 aromatic heterocycles. The molecule has 0 bridgehead atoms. The molecule has 2 N–H and O–H groups in total. The molecule has 29 heavy (non-hydrogen) atoms. The third kappa shape index (κ3) is 3.59. The molecule has 156 valence electrons. The van der Waals surface area contributed by atoms with Crippen molar-refractivity contribution in [3.8, 4) is 0 Å². The van der Waals surface area contributed by atoms with Gasteiger partial charge in [0.2, 0.25) is 0 Å². The molecule has 2 fully saturated rings. The Hall–Kier alpha value is -1.87. The standard InChI is InChI=1S/C21H23F2NO4S/c1-13-19(29(26,27)20(10-24-13)14-5-3-2-4-6-14)8-15-7-18(23)16(9-17(15)22)21(25)11-28-12-21/h2-7,9,13,19-20,24-25H,8,10-12H2,1H3/t13-,19?,20-/m0/s1. The van der Waals surface area contributed by atoms with Crippen LogP contribution in [0.3, 0.4) is 0 Å². The lowest BCUT2D eigenvalue weighted by atomic mass is 9.90. The normalized spacial score (nSPS) is 27.9. The number of halogens is 2. The molecule has 2 saturated heterocycles. The monoisotopic (exact) mass is 423 g/mol. The summed E-state index contributed by atoms with van der Waals surface area (Å²) in [5, 5.41) is 11.8. The maximum Gasteiger partial charge on any atom is 0.163 e. The van der Waals surface area contributed by atoms with E-state index in [9.17, 15) is 22.3 Å². The Balaban J connectivity index is 1.65. The Kier molecular flexibility index (Phi) is 5.23. The molecule has 2 aromatic carbocycles. The molecule has 5 nitrogen and oxygen atoms in total. The van der Waals surface area contributed by atoms with E-state index in [0.717, 1.165) is 12.1 Å². The van der Waals surface area contributed by atoms with E-state index >= 15 is 0 Å². The van der Waals surface area contributed by atoms with E-state index in [1.54, 1.807) is 31.2 Å². The quantitative estimate of drug-likeness (QED) is 0.789. The lowest BCUT2D eigenvalue weighted by Crippen LogP contribution is -2.53. The molecule has 0 aliphatic carbocycles. The van der Waals surface area contributed by atoms with E-state index in [1.165, 1.54) is 0 Å². The van der Waals surface area contributed by atoms with Crippen molar-refractivity contribution >= 4 is 9.84 Å². The number of rotatable bonds is 4. The summed E-state index contributed by atoms with van der Waals surface area (Å²) in [5.74, 6) is -1.49. The summed E-state index contributed by atoms with van der Waals surface area (Å²) >= 11 is 0. The lowest BCUT2D eigenvalue weighted by Gasteiger charge is -2.37. The molecule has 0 amide bonds. The van der Waals surface area contributed by atoms with Crippen molar-refractivity contribution in [1.29, 1.82) is 0 Å². The average molecular weight is 423 g/mol. The summed E-state index contributed by atoms with van der Waals surface area (Å²) in [6, 6.07) is 10.4. The average Bonchev–Trinajstić information content (AvgIpc) is 2.66. The fraction of sp³-hybridized carbons (Fsp3) is 0.429. The molecular weight excluding hydrogens is 400 g/mol. The van der Waals surface area contributed by atoms with Gasteiger partial charge in [-0.05, 0) is 36.6 Å². The Labute approximate surface area is 168 Å². The first-order valence-corrected chi connectivity index (χ1v) is 11.1. The van der Waals surface area contributed by atoms with E-state index < -0.39 is 43.6 Å². The maximum absolute atomic E-state index is 14.7. The largest absolute Gasteiger partial charge is 0.380 e. The molecule has 3 atom stereocenters. The third-order valence-electron chi connectivity index (χ3n) is 5.91. The van der Waals surface area contributed by atoms with Crippen molar-refractivity contribution in [2.24, 2.45) is 0 Å². The predicted octanol–water partition coefficient (Wildman–Crippen LogP) is 2.24. The fourth-order valence-electron chi connectivity index (χ4n) is 4.07. The molecular formula is C21H23F2NO4S. The summed E-state index contributed by atoms with van der Waals surface area (Å²) < 4.78 is 60.8. The molecule has 2 heterocycles. The van der Waals surface area contributed by atoms with Crippen LogP contribution in [0.25, 0.3) is 0 Å². The van der Waals surface area contributed by atoms with Gasteiger partial charge in [0.15, 0.2) is 9.84 Å². The van der Waals surface area contributed by atoms with Crippen LogP contribution in [-0.2, 0) is 26.6 Å². The van der Waals surface area contributed by atoms with Gasteiger partial charge in [-0.3, -0.25) is 0 Å². The van der Waals surface area contributed by atoms with E-state index in [-0.39, 0.29) is 37.3 Å². The number of benzene rings is 2. The van der Waals surface area contributed by atoms with Crippen LogP contribution in [0.15, 0.2) is 42.5 Å². The van der Waals surface area contributed by atoms with Crippen molar-refractivity contribution in [1.82, 2.24) is 5.32 Å². The van der Waals surface area contributed by atoms with Crippen molar-refractivity contribution in [2.75, 3.05) is 19.8 Å². The zero-order chi connectivity index (χ0) is 20.8. The van der Waals surface area contributed by atoms with Crippen molar-refractivity contribution in [2.45, 2.75) is 35.5 Å². The molecule has 0 saturated carbocycles. The van der Waals surface area contributed by atoms with E-state index in [0.29, 0.717) is 5.56 Å². The first kappa shape index (κ1) is 20.4. The van der Waals surface area contributed by atoms with Crippen LogP contribution in [-0.4, -0.2) is 44.6 Å². The van der Waals surface area contributed by atoms with E-state index in [1.807, 2.05) is 6.07 Å². The Morgan fingerprint density at radius 3 is 2.48 bits per heavy atom. The summed E-state index contributed by atoms with van der Waals surface area (Å²) in [7, 11) is -3.65. The minimum atomic E-state index is -3.65. The molecule has 8 heteroatoms. The highest BCUT2D eigenvalue weighted by molar-refractivity contribution is 7.92. The number of ether oxygens (including phenoxy) is 1. The summed E-state index contributed by atoms with van der Waals surface area (Å²) in [6.07, 6.45) is -0.155. The van der Waals surface area contributed by atoms with Gasteiger partial charge in [0.1, 0.15) is 17.2 Å². The zero-order valence-corrected chi connectivity index (χ0v) is 16.8. The fourth-order valence-corrected chi connectivity index (χ4v) is 6.44. The highest BCUT2D eigenvalue weighted by Gasteiger charge is 2.44. The second-order valence-corrected chi connectivity index (χ2v) is 10.2. The predicted molar refractivity (Wildman–Crippen MR) is 104 cm³/mol. The third-order valence-corrected chi connectivity index (χ3v) is 8.56.